The van der Waals surface area contributed by atoms with Crippen molar-refractivity contribution in [1.82, 2.24) is 0 Å². The molecule has 2 rings (SSSR count). The van der Waals surface area contributed by atoms with Crippen LogP contribution in [0, 0.1) is 11.7 Å². The number of hydrogen-bond donors (Lipinski definition) is 1. The third-order valence-corrected chi connectivity index (χ3v) is 3.72. The zero-order valence-corrected chi connectivity index (χ0v) is 11.2. The maximum Gasteiger partial charge on any atom is 0.124 e. The van der Waals surface area contributed by atoms with Crippen LogP contribution in [0.15, 0.2) is 22.7 Å². The average molecular weight is 302 g/mol. The molecule has 1 aliphatic heterocycles. The molecule has 1 heterocycles. The molecule has 0 aliphatic carbocycles. The van der Waals surface area contributed by atoms with Crippen LogP contribution in [0.2, 0.25) is 0 Å². The molecule has 0 amide bonds. The minimum Gasteiger partial charge on any atom is -0.381 e. The number of ether oxygens (including phenoxy) is 1. The monoisotopic (exact) mass is 301 g/mol. The topological polar surface area (TPSA) is 35.2 Å². The van der Waals surface area contributed by atoms with Crippen LogP contribution in [0.1, 0.15) is 18.4 Å². The molecule has 1 fully saturated rings. The normalized spacial score (nSPS) is 19.2. The summed E-state index contributed by atoms with van der Waals surface area (Å²) in [4.78, 5) is 0. The van der Waals surface area contributed by atoms with Crippen LogP contribution in [-0.4, -0.2) is 19.3 Å². The first-order chi connectivity index (χ1) is 8.15. The summed E-state index contributed by atoms with van der Waals surface area (Å²) in [6.45, 7) is 1.59. The first-order valence-electron chi connectivity index (χ1n) is 5.93. The summed E-state index contributed by atoms with van der Waals surface area (Å²) in [5, 5.41) is 0. The Morgan fingerprint density at radius 2 is 2.06 bits per heavy atom. The molecule has 1 saturated heterocycles. The Morgan fingerprint density at radius 1 is 1.35 bits per heavy atom. The summed E-state index contributed by atoms with van der Waals surface area (Å²) in [7, 11) is 0. The van der Waals surface area contributed by atoms with Gasteiger partial charge in [0.2, 0.25) is 0 Å². The second-order valence-electron chi connectivity index (χ2n) is 4.60. The largest absolute Gasteiger partial charge is 0.381 e. The highest BCUT2D eigenvalue weighted by Crippen LogP contribution is 2.22. The number of rotatable bonds is 3. The van der Waals surface area contributed by atoms with E-state index >= 15 is 0 Å². The van der Waals surface area contributed by atoms with Crippen molar-refractivity contribution in [1.29, 1.82) is 0 Å². The zero-order valence-electron chi connectivity index (χ0n) is 9.66. The summed E-state index contributed by atoms with van der Waals surface area (Å²) >= 11 is 3.30. The molecule has 1 aromatic rings. The first kappa shape index (κ1) is 13.0. The highest BCUT2D eigenvalue weighted by atomic mass is 79.9. The second-order valence-corrected chi connectivity index (χ2v) is 5.51. The molecule has 17 heavy (non-hydrogen) atoms. The molecule has 0 spiro atoms. The Hall–Kier alpha value is -0.450. The first-order valence-corrected chi connectivity index (χ1v) is 6.73. The van der Waals surface area contributed by atoms with Gasteiger partial charge in [-0.05, 0) is 48.9 Å². The molecule has 0 radical (unpaired) electrons. The van der Waals surface area contributed by atoms with Crippen LogP contribution < -0.4 is 5.73 Å². The van der Waals surface area contributed by atoms with Crippen LogP contribution >= 0.6 is 15.9 Å². The van der Waals surface area contributed by atoms with Gasteiger partial charge in [0.15, 0.2) is 0 Å². The van der Waals surface area contributed by atoms with Gasteiger partial charge in [0.05, 0.1) is 0 Å². The lowest BCUT2D eigenvalue weighted by atomic mass is 9.88. The van der Waals surface area contributed by atoms with Gasteiger partial charge in [-0.15, -0.1) is 0 Å². The molecule has 2 N–H and O–H groups in total. The standard InChI is InChI=1S/C13H17BrFNO/c14-11-5-9(6-12(15)8-11)7-13(16)10-1-3-17-4-2-10/h5-6,8,10,13H,1-4,7,16H2. The molecule has 1 aromatic carbocycles. The molecule has 0 aromatic heterocycles. The molecule has 2 nitrogen and oxygen atoms in total. The van der Waals surface area contributed by atoms with E-state index in [1.54, 1.807) is 6.07 Å². The Kier molecular flexibility index (Phi) is 4.54. The quantitative estimate of drug-likeness (QED) is 0.932. The van der Waals surface area contributed by atoms with Crippen molar-refractivity contribution < 1.29 is 9.13 Å². The van der Waals surface area contributed by atoms with Crippen molar-refractivity contribution in [2.24, 2.45) is 11.7 Å². The number of halogens is 2. The SMILES string of the molecule is NC(Cc1cc(F)cc(Br)c1)C1CCOCC1. The Bertz CT molecular complexity index is 359. The predicted octanol–water partition coefficient (Wildman–Crippen LogP) is 2.88. The molecule has 1 atom stereocenters. The molecule has 1 aliphatic rings. The number of hydrogen-bond acceptors (Lipinski definition) is 2. The van der Waals surface area contributed by atoms with E-state index in [0.29, 0.717) is 5.92 Å². The lowest BCUT2D eigenvalue weighted by Gasteiger charge is -2.27. The molecular weight excluding hydrogens is 285 g/mol. The molecule has 1 unspecified atom stereocenters. The average Bonchev–Trinajstić information content (AvgIpc) is 2.28. The van der Waals surface area contributed by atoms with Crippen LogP contribution in [-0.2, 0) is 11.2 Å². The fraction of sp³-hybridized carbons (Fsp3) is 0.538. The van der Waals surface area contributed by atoms with Crippen LogP contribution in [0.5, 0.6) is 0 Å². The van der Waals surface area contributed by atoms with Crippen molar-refractivity contribution in [3.8, 4) is 0 Å². The minimum absolute atomic E-state index is 0.0904. The highest BCUT2D eigenvalue weighted by molar-refractivity contribution is 9.10. The molecule has 4 heteroatoms. The molecule has 0 bridgehead atoms. The van der Waals surface area contributed by atoms with Crippen LogP contribution in [0.4, 0.5) is 4.39 Å². The van der Waals surface area contributed by atoms with Crippen molar-refractivity contribution in [2.45, 2.75) is 25.3 Å². The van der Waals surface area contributed by atoms with Gasteiger partial charge in [-0.2, -0.15) is 0 Å². The van der Waals surface area contributed by atoms with Gasteiger partial charge in [0.1, 0.15) is 5.82 Å². The van der Waals surface area contributed by atoms with Gasteiger partial charge in [-0.25, -0.2) is 4.39 Å². The number of benzene rings is 1. The lowest BCUT2D eigenvalue weighted by Crippen LogP contribution is -2.36. The molecular formula is C13H17BrFNO. The van der Waals surface area contributed by atoms with E-state index in [0.717, 1.165) is 42.5 Å². The van der Waals surface area contributed by atoms with E-state index in [9.17, 15) is 4.39 Å². The molecule has 94 valence electrons. The van der Waals surface area contributed by atoms with Crippen molar-refractivity contribution in [3.63, 3.8) is 0 Å². The van der Waals surface area contributed by atoms with Gasteiger partial charge in [-0.3, -0.25) is 0 Å². The summed E-state index contributed by atoms with van der Waals surface area (Å²) in [6, 6.07) is 5.04. The fourth-order valence-corrected chi connectivity index (χ4v) is 2.82. The maximum atomic E-state index is 13.2. The smallest absolute Gasteiger partial charge is 0.124 e. The number of nitrogens with two attached hydrogens (primary N) is 1. The van der Waals surface area contributed by atoms with Crippen LogP contribution in [0.3, 0.4) is 0 Å². The Balaban J connectivity index is 1.99. The van der Waals surface area contributed by atoms with E-state index in [-0.39, 0.29) is 11.9 Å². The van der Waals surface area contributed by atoms with E-state index in [1.165, 1.54) is 6.07 Å². The third kappa shape index (κ3) is 3.76. The lowest BCUT2D eigenvalue weighted by molar-refractivity contribution is 0.0585. The van der Waals surface area contributed by atoms with E-state index in [2.05, 4.69) is 15.9 Å². The van der Waals surface area contributed by atoms with Crippen LogP contribution in [0.25, 0.3) is 0 Å². The summed E-state index contributed by atoms with van der Waals surface area (Å²) in [5.74, 6) is 0.277. The van der Waals surface area contributed by atoms with Gasteiger partial charge < -0.3 is 10.5 Å². The van der Waals surface area contributed by atoms with Gasteiger partial charge in [-0.1, -0.05) is 15.9 Å². The minimum atomic E-state index is -0.214. The van der Waals surface area contributed by atoms with Gasteiger partial charge in [0, 0.05) is 23.7 Å². The summed E-state index contributed by atoms with van der Waals surface area (Å²) < 4.78 is 19.3. The van der Waals surface area contributed by atoms with Crippen molar-refractivity contribution in [2.75, 3.05) is 13.2 Å². The Labute approximate surface area is 109 Å². The second kappa shape index (κ2) is 5.94. The Morgan fingerprint density at radius 3 is 2.71 bits per heavy atom. The summed E-state index contributed by atoms with van der Waals surface area (Å²) in [5.41, 5.74) is 7.14. The van der Waals surface area contributed by atoms with E-state index in [4.69, 9.17) is 10.5 Å². The van der Waals surface area contributed by atoms with E-state index < -0.39 is 0 Å². The van der Waals surface area contributed by atoms with Crippen molar-refractivity contribution in [3.05, 3.63) is 34.1 Å². The fourth-order valence-electron chi connectivity index (χ4n) is 2.31. The summed E-state index contributed by atoms with van der Waals surface area (Å²) in [6.07, 6.45) is 2.75. The zero-order chi connectivity index (χ0) is 12.3. The predicted molar refractivity (Wildman–Crippen MR) is 69.3 cm³/mol. The van der Waals surface area contributed by atoms with Gasteiger partial charge in [0.25, 0.3) is 0 Å². The molecule has 0 saturated carbocycles. The van der Waals surface area contributed by atoms with Crippen molar-refractivity contribution >= 4 is 15.9 Å². The highest BCUT2D eigenvalue weighted by Gasteiger charge is 2.21. The maximum absolute atomic E-state index is 13.2. The van der Waals surface area contributed by atoms with Gasteiger partial charge >= 0.3 is 0 Å². The van der Waals surface area contributed by atoms with E-state index in [1.807, 2.05) is 6.07 Å². The third-order valence-electron chi connectivity index (χ3n) is 3.27.